The maximum Gasteiger partial charge on any atom is 0.407 e. The Morgan fingerprint density at radius 3 is 2.43 bits per heavy atom. The van der Waals surface area contributed by atoms with E-state index in [1.807, 2.05) is 27.0 Å². The number of nitrogens with one attached hydrogen (secondary N) is 1. The van der Waals surface area contributed by atoms with Gasteiger partial charge in [-0.1, -0.05) is 6.08 Å². The molecule has 0 aliphatic carbocycles. The van der Waals surface area contributed by atoms with Crippen LogP contribution >= 0.6 is 0 Å². The van der Waals surface area contributed by atoms with E-state index >= 15 is 0 Å². The van der Waals surface area contributed by atoms with Crippen LogP contribution in [0.3, 0.4) is 0 Å². The van der Waals surface area contributed by atoms with Crippen molar-refractivity contribution in [1.29, 1.82) is 0 Å². The van der Waals surface area contributed by atoms with Crippen molar-refractivity contribution >= 4 is 12.0 Å². The fraction of sp³-hybridized carbons (Fsp3) is 0.733. The number of carbonyl (C=O) groups excluding carboxylic acids is 2. The largest absolute Gasteiger partial charge is 0.444 e. The van der Waals surface area contributed by atoms with Gasteiger partial charge in [-0.15, -0.1) is 4.91 Å². The highest BCUT2D eigenvalue weighted by Crippen LogP contribution is 2.06. The number of rotatable bonds is 6. The van der Waals surface area contributed by atoms with Gasteiger partial charge >= 0.3 is 6.09 Å². The van der Waals surface area contributed by atoms with Crippen LogP contribution in [-0.2, 0) is 9.53 Å². The normalized spacial score (nSPS) is 16.4. The molecule has 0 spiro atoms. The fourth-order valence-corrected chi connectivity index (χ4v) is 2.11. The zero-order chi connectivity index (χ0) is 17.3. The Labute approximate surface area is 136 Å². The third-order valence-corrected chi connectivity index (χ3v) is 3.21. The van der Waals surface area contributed by atoms with Crippen molar-refractivity contribution in [3.8, 4) is 0 Å². The maximum absolute atomic E-state index is 11.5. The van der Waals surface area contributed by atoms with Crippen molar-refractivity contribution in [3.05, 3.63) is 17.2 Å². The van der Waals surface area contributed by atoms with E-state index in [4.69, 9.17) is 4.74 Å². The van der Waals surface area contributed by atoms with Gasteiger partial charge in [0, 0.05) is 44.4 Å². The van der Waals surface area contributed by atoms with Crippen molar-refractivity contribution in [3.63, 3.8) is 0 Å². The number of hydrogen-bond acceptors (Lipinski definition) is 6. The highest BCUT2D eigenvalue weighted by Gasteiger charge is 2.17. The fourth-order valence-electron chi connectivity index (χ4n) is 2.11. The molecule has 1 aliphatic rings. The smallest absolute Gasteiger partial charge is 0.407 e. The molecule has 0 bridgehead atoms. The van der Waals surface area contributed by atoms with E-state index in [2.05, 4.69) is 20.3 Å². The van der Waals surface area contributed by atoms with E-state index in [1.165, 1.54) is 0 Å². The van der Waals surface area contributed by atoms with Gasteiger partial charge in [-0.05, 0) is 27.0 Å². The second-order valence-corrected chi connectivity index (χ2v) is 6.38. The Morgan fingerprint density at radius 1 is 1.22 bits per heavy atom. The zero-order valence-corrected chi connectivity index (χ0v) is 14.1. The number of piperazine rings is 1. The average Bonchev–Trinajstić information content (AvgIpc) is 2.47. The molecule has 23 heavy (non-hydrogen) atoms. The number of amides is 2. The summed E-state index contributed by atoms with van der Waals surface area (Å²) in [4.78, 5) is 36.6. The van der Waals surface area contributed by atoms with Crippen molar-refractivity contribution in [2.75, 3.05) is 39.3 Å². The van der Waals surface area contributed by atoms with Crippen LogP contribution < -0.4 is 5.32 Å². The maximum atomic E-state index is 11.5. The van der Waals surface area contributed by atoms with Crippen molar-refractivity contribution in [2.45, 2.75) is 32.8 Å². The van der Waals surface area contributed by atoms with E-state index in [9.17, 15) is 14.5 Å². The summed E-state index contributed by atoms with van der Waals surface area (Å²) in [5.74, 6) is -0.659. The first-order chi connectivity index (χ1) is 10.8. The van der Waals surface area contributed by atoms with Gasteiger partial charge in [-0.25, -0.2) is 4.79 Å². The predicted octanol–water partition coefficient (Wildman–Crippen LogP) is 1.33. The minimum absolute atomic E-state index is 0.0452. The van der Waals surface area contributed by atoms with Crippen LogP contribution in [0.15, 0.2) is 17.5 Å². The Bertz CT molecular complexity index is 437. The van der Waals surface area contributed by atoms with Gasteiger partial charge in [-0.3, -0.25) is 9.69 Å². The molecule has 0 aromatic carbocycles. The topological polar surface area (TPSA) is 91.3 Å². The molecule has 2 amide bonds. The van der Waals surface area contributed by atoms with Crippen molar-refractivity contribution in [1.82, 2.24) is 15.1 Å². The molecule has 1 saturated heterocycles. The summed E-state index contributed by atoms with van der Waals surface area (Å²) in [6.07, 6.45) is 3.14. The molecule has 130 valence electrons. The summed E-state index contributed by atoms with van der Waals surface area (Å²) in [6, 6.07) is 0. The van der Waals surface area contributed by atoms with Gasteiger partial charge in [-0.2, -0.15) is 0 Å². The molecule has 1 rings (SSSR count). The second-order valence-electron chi connectivity index (χ2n) is 6.38. The Hall–Kier alpha value is -1.96. The van der Waals surface area contributed by atoms with E-state index < -0.39 is 17.6 Å². The van der Waals surface area contributed by atoms with Crippen LogP contribution in [0.25, 0.3) is 0 Å². The average molecular weight is 326 g/mol. The third kappa shape index (κ3) is 8.92. The zero-order valence-electron chi connectivity index (χ0n) is 14.1. The first-order valence-electron chi connectivity index (χ1n) is 7.76. The highest BCUT2D eigenvalue weighted by atomic mass is 16.6. The lowest BCUT2D eigenvalue weighted by Gasteiger charge is -2.34. The van der Waals surface area contributed by atoms with Crippen LogP contribution in [0.1, 0.15) is 27.2 Å². The molecule has 0 unspecified atom stereocenters. The first kappa shape index (κ1) is 19.1. The molecular formula is C15H26N4O4. The van der Waals surface area contributed by atoms with Crippen LogP contribution in [-0.4, -0.2) is 66.7 Å². The summed E-state index contributed by atoms with van der Waals surface area (Å²) in [6.45, 7) is 10.2. The molecule has 1 fully saturated rings. The molecule has 0 saturated carbocycles. The number of hydrogen-bond donors (Lipinski definition) is 1. The van der Waals surface area contributed by atoms with Gasteiger partial charge < -0.3 is 15.0 Å². The Kier molecular flexibility index (Phi) is 7.67. The lowest BCUT2D eigenvalue weighted by Crippen LogP contribution is -2.47. The van der Waals surface area contributed by atoms with Gasteiger partial charge in [0.1, 0.15) is 5.60 Å². The minimum Gasteiger partial charge on any atom is -0.444 e. The highest BCUT2D eigenvalue weighted by molar-refractivity contribution is 5.77. The van der Waals surface area contributed by atoms with Crippen molar-refractivity contribution < 1.29 is 14.3 Å². The number of carbonyl (C=O) groups is 2. The molecule has 0 aromatic heterocycles. The van der Waals surface area contributed by atoms with Crippen LogP contribution in [0.2, 0.25) is 0 Å². The van der Waals surface area contributed by atoms with E-state index in [0.717, 1.165) is 32.7 Å². The van der Waals surface area contributed by atoms with Gasteiger partial charge in [0.15, 0.2) is 0 Å². The number of nitroso groups, excluding NO2 is 1. The van der Waals surface area contributed by atoms with Crippen molar-refractivity contribution in [2.24, 2.45) is 5.18 Å². The van der Waals surface area contributed by atoms with Gasteiger partial charge in [0.2, 0.25) is 0 Å². The number of nitrogens with zero attached hydrogens (tertiary/aromatic N) is 3. The summed E-state index contributed by atoms with van der Waals surface area (Å²) >= 11 is 0. The third-order valence-electron chi connectivity index (χ3n) is 3.21. The molecule has 0 atom stereocenters. The van der Waals surface area contributed by atoms with E-state index in [1.54, 1.807) is 6.08 Å². The molecular weight excluding hydrogens is 300 g/mol. The summed E-state index contributed by atoms with van der Waals surface area (Å²) in [7, 11) is 0. The van der Waals surface area contributed by atoms with E-state index in [0.29, 0.717) is 6.54 Å². The lowest BCUT2D eigenvalue weighted by atomic mass is 10.2. The molecule has 8 heteroatoms. The quantitative estimate of drug-likeness (QED) is 0.740. The summed E-state index contributed by atoms with van der Waals surface area (Å²) in [5, 5.41) is 5.08. The molecule has 1 heterocycles. The molecule has 1 N–H and O–H groups in total. The Morgan fingerprint density at radius 2 is 1.87 bits per heavy atom. The molecule has 0 aromatic rings. The Balaban J connectivity index is 2.15. The van der Waals surface area contributed by atoms with Gasteiger partial charge in [0.25, 0.3) is 5.91 Å². The second kappa shape index (κ2) is 9.24. The number of alkyl carbamates (subject to hydrolysis) is 1. The number of ether oxygens (including phenoxy) is 1. The van der Waals surface area contributed by atoms with Crippen LogP contribution in [0, 0.1) is 4.91 Å². The first-order valence-corrected chi connectivity index (χ1v) is 7.76. The van der Waals surface area contributed by atoms with Gasteiger partial charge in [0.05, 0.1) is 6.42 Å². The molecule has 1 aliphatic heterocycles. The molecule has 8 nitrogen and oxygen atoms in total. The SMILES string of the molecule is CC(C)(C)OC(=O)NCCN1CCN(/C=C\CC(=O)N=O)CC1. The summed E-state index contributed by atoms with van der Waals surface area (Å²) in [5.41, 5.74) is -0.483. The minimum atomic E-state index is -0.659. The van der Waals surface area contributed by atoms with Crippen LogP contribution in [0.5, 0.6) is 0 Å². The van der Waals surface area contributed by atoms with Crippen LogP contribution in [0.4, 0.5) is 4.79 Å². The lowest BCUT2D eigenvalue weighted by molar-refractivity contribution is -0.117. The standard InChI is InChI=1S/C15H26N4O4/c1-15(2,3)23-14(21)16-6-8-19-11-9-18(10-12-19)7-4-5-13(20)17-22/h4,7H,5-6,8-12H2,1-3H3,(H,16,21)/b7-4-. The summed E-state index contributed by atoms with van der Waals surface area (Å²) < 4.78 is 5.17. The molecule has 0 radical (unpaired) electrons. The van der Waals surface area contributed by atoms with E-state index in [-0.39, 0.29) is 6.42 Å². The monoisotopic (exact) mass is 326 g/mol. The predicted molar refractivity (Wildman–Crippen MR) is 86.8 cm³/mol.